The van der Waals surface area contributed by atoms with Crippen LogP contribution in [0.5, 0.6) is 0 Å². The molecule has 1 aromatic rings. The van der Waals surface area contributed by atoms with Crippen molar-refractivity contribution in [3.63, 3.8) is 0 Å². The lowest BCUT2D eigenvalue weighted by Crippen LogP contribution is -2.28. The highest BCUT2D eigenvalue weighted by atomic mass is 35.5. The lowest BCUT2D eigenvalue weighted by Gasteiger charge is -2.26. The summed E-state index contributed by atoms with van der Waals surface area (Å²) in [4.78, 5) is 14.8. The summed E-state index contributed by atoms with van der Waals surface area (Å²) in [5, 5.41) is 12.3. The molecule has 0 amide bonds. The smallest absolute Gasteiger partial charge is 0.339 e. The average Bonchev–Trinajstić information content (AvgIpc) is 2.28. The third-order valence-corrected chi connectivity index (χ3v) is 3.28. The summed E-state index contributed by atoms with van der Waals surface area (Å²) in [5.41, 5.74) is 0.460. The van der Waals surface area contributed by atoms with Crippen LogP contribution in [0.1, 0.15) is 36.0 Å². The minimum atomic E-state index is -1.07. The first-order valence-corrected chi connectivity index (χ1v) is 6.23. The predicted molar refractivity (Wildman–Crippen MR) is 67.0 cm³/mol. The van der Waals surface area contributed by atoms with Crippen molar-refractivity contribution in [3.05, 3.63) is 23.0 Å². The summed E-state index contributed by atoms with van der Waals surface area (Å²) in [6.07, 6.45) is 3.02. The van der Waals surface area contributed by atoms with Crippen LogP contribution >= 0.6 is 11.6 Å². The van der Waals surface area contributed by atoms with Crippen LogP contribution in [0.3, 0.4) is 0 Å². The Labute approximate surface area is 109 Å². The quantitative estimate of drug-likeness (QED) is 0.830. The number of hydrogen-bond acceptors (Lipinski definition) is 3. The molecule has 98 valence electrons. The van der Waals surface area contributed by atoms with E-state index in [1.54, 1.807) is 0 Å². The van der Waals surface area contributed by atoms with E-state index in [1.807, 2.05) is 0 Å². The highest BCUT2D eigenvalue weighted by molar-refractivity contribution is 6.29. The number of carboxylic acids is 1. The van der Waals surface area contributed by atoms with Gasteiger partial charge in [-0.25, -0.2) is 14.2 Å². The number of aromatic nitrogens is 1. The Hall–Kier alpha value is -1.36. The van der Waals surface area contributed by atoms with Crippen LogP contribution in [0, 0.1) is 0 Å². The number of aromatic carboxylic acids is 1. The molecule has 0 saturated heterocycles. The van der Waals surface area contributed by atoms with Crippen LogP contribution in [0.25, 0.3) is 0 Å². The fourth-order valence-electron chi connectivity index (χ4n) is 2.20. The number of rotatable bonds is 3. The fourth-order valence-corrected chi connectivity index (χ4v) is 2.36. The molecule has 4 nitrogen and oxygen atoms in total. The molecule has 0 aromatic carbocycles. The molecule has 18 heavy (non-hydrogen) atoms. The molecular formula is C12H14ClFN2O2. The van der Waals surface area contributed by atoms with Crippen molar-refractivity contribution in [3.8, 4) is 0 Å². The van der Waals surface area contributed by atoms with Gasteiger partial charge in [-0.2, -0.15) is 0 Å². The molecule has 0 bridgehead atoms. The highest BCUT2D eigenvalue weighted by Crippen LogP contribution is 2.26. The van der Waals surface area contributed by atoms with E-state index in [0.29, 0.717) is 18.5 Å². The maximum atomic E-state index is 13.3. The molecule has 1 aliphatic rings. The average molecular weight is 273 g/mol. The van der Waals surface area contributed by atoms with Crippen LogP contribution in [-0.4, -0.2) is 28.3 Å². The molecule has 1 saturated carbocycles. The van der Waals surface area contributed by atoms with Gasteiger partial charge in [0.15, 0.2) is 0 Å². The van der Waals surface area contributed by atoms with Crippen LogP contribution in [0.4, 0.5) is 10.1 Å². The van der Waals surface area contributed by atoms with Crippen molar-refractivity contribution >= 4 is 23.3 Å². The Kier molecular flexibility index (Phi) is 4.01. The van der Waals surface area contributed by atoms with Crippen molar-refractivity contribution in [1.82, 2.24) is 4.98 Å². The number of carboxylic acid groups (broad SMARTS) is 1. The van der Waals surface area contributed by atoms with Gasteiger partial charge in [-0.15, -0.1) is 0 Å². The molecule has 2 atom stereocenters. The molecule has 1 aliphatic carbocycles. The zero-order valence-electron chi connectivity index (χ0n) is 9.70. The minimum absolute atomic E-state index is 0.0506. The third kappa shape index (κ3) is 3.10. The molecular weight excluding hydrogens is 259 g/mol. The van der Waals surface area contributed by atoms with Crippen molar-refractivity contribution in [2.24, 2.45) is 0 Å². The number of hydrogen-bond donors (Lipinski definition) is 2. The van der Waals surface area contributed by atoms with Crippen molar-refractivity contribution in [1.29, 1.82) is 0 Å². The molecule has 1 aromatic heterocycles. The number of alkyl halides is 1. The Morgan fingerprint density at radius 1 is 1.56 bits per heavy atom. The van der Waals surface area contributed by atoms with Gasteiger partial charge in [0.05, 0.1) is 5.69 Å². The van der Waals surface area contributed by atoms with E-state index in [4.69, 9.17) is 16.7 Å². The van der Waals surface area contributed by atoms with Crippen molar-refractivity contribution < 1.29 is 14.3 Å². The molecule has 0 radical (unpaired) electrons. The van der Waals surface area contributed by atoms with E-state index < -0.39 is 12.1 Å². The Balaban J connectivity index is 2.16. The fraction of sp³-hybridized carbons (Fsp3) is 0.500. The maximum Gasteiger partial charge on any atom is 0.339 e. The minimum Gasteiger partial charge on any atom is -0.478 e. The van der Waals surface area contributed by atoms with E-state index in [-0.39, 0.29) is 16.8 Å². The van der Waals surface area contributed by atoms with Crippen molar-refractivity contribution in [2.45, 2.75) is 37.9 Å². The van der Waals surface area contributed by atoms with Gasteiger partial charge in [-0.3, -0.25) is 0 Å². The SMILES string of the molecule is O=C(O)c1cnc(Cl)cc1NC1CCCC(F)C1. The van der Waals surface area contributed by atoms with Gasteiger partial charge in [0, 0.05) is 12.2 Å². The molecule has 1 fully saturated rings. The Morgan fingerprint density at radius 2 is 2.33 bits per heavy atom. The lowest BCUT2D eigenvalue weighted by molar-refractivity contribution is 0.0697. The number of halogens is 2. The van der Waals surface area contributed by atoms with Crippen LogP contribution in [0.2, 0.25) is 5.15 Å². The largest absolute Gasteiger partial charge is 0.478 e. The number of pyridine rings is 1. The lowest BCUT2D eigenvalue weighted by atomic mass is 9.93. The first-order chi connectivity index (χ1) is 8.56. The Bertz CT molecular complexity index is 456. The second-order valence-electron chi connectivity index (χ2n) is 4.46. The zero-order chi connectivity index (χ0) is 13.1. The van der Waals surface area contributed by atoms with Crippen molar-refractivity contribution in [2.75, 3.05) is 5.32 Å². The molecule has 0 aliphatic heterocycles. The van der Waals surface area contributed by atoms with Crippen LogP contribution in [0.15, 0.2) is 12.3 Å². The summed E-state index contributed by atoms with van der Waals surface area (Å²) < 4.78 is 13.3. The van der Waals surface area contributed by atoms with E-state index >= 15 is 0 Å². The second kappa shape index (κ2) is 5.52. The number of nitrogens with zero attached hydrogens (tertiary/aromatic N) is 1. The van der Waals surface area contributed by atoms with Gasteiger partial charge in [0.25, 0.3) is 0 Å². The van der Waals surface area contributed by atoms with Gasteiger partial charge >= 0.3 is 5.97 Å². The third-order valence-electron chi connectivity index (χ3n) is 3.07. The summed E-state index contributed by atoms with van der Waals surface area (Å²) in [6, 6.07) is 1.41. The normalized spacial score (nSPS) is 23.7. The summed E-state index contributed by atoms with van der Waals surface area (Å²) in [5.74, 6) is -1.07. The van der Waals surface area contributed by atoms with Crippen LogP contribution in [-0.2, 0) is 0 Å². The predicted octanol–water partition coefficient (Wildman–Crippen LogP) is 3.13. The molecule has 2 N–H and O–H groups in total. The summed E-state index contributed by atoms with van der Waals surface area (Å²) in [6.45, 7) is 0. The monoisotopic (exact) mass is 272 g/mol. The first kappa shape index (κ1) is 13.1. The summed E-state index contributed by atoms with van der Waals surface area (Å²) in [7, 11) is 0. The Morgan fingerprint density at radius 3 is 3.00 bits per heavy atom. The van der Waals surface area contributed by atoms with Gasteiger partial charge in [-0.05, 0) is 31.7 Å². The van der Waals surface area contributed by atoms with Gasteiger partial charge in [0.1, 0.15) is 16.9 Å². The van der Waals surface area contributed by atoms with Crippen LogP contribution < -0.4 is 5.32 Å². The molecule has 1 heterocycles. The molecule has 2 unspecified atom stereocenters. The van der Waals surface area contributed by atoms with E-state index in [9.17, 15) is 9.18 Å². The van der Waals surface area contributed by atoms with Gasteiger partial charge in [0.2, 0.25) is 0 Å². The first-order valence-electron chi connectivity index (χ1n) is 5.85. The van der Waals surface area contributed by atoms with Gasteiger partial charge < -0.3 is 10.4 Å². The topological polar surface area (TPSA) is 62.2 Å². The molecule has 2 rings (SSSR count). The number of nitrogens with one attached hydrogen (secondary N) is 1. The van der Waals surface area contributed by atoms with E-state index in [2.05, 4.69) is 10.3 Å². The molecule has 6 heteroatoms. The number of anilines is 1. The maximum absolute atomic E-state index is 13.3. The second-order valence-corrected chi connectivity index (χ2v) is 4.85. The van der Waals surface area contributed by atoms with E-state index in [1.165, 1.54) is 12.3 Å². The highest BCUT2D eigenvalue weighted by Gasteiger charge is 2.23. The zero-order valence-corrected chi connectivity index (χ0v) is 10.5. The summed E-state index contributed by atoms with van der Waals surface area (Å²) >= 11 is 5.75. The molecule has 0 spiro atoms. The number of carbonyl (C=O) groups is 1. The van der Waals surface area contributed by atoms with E-state index in [0.717, 1.165) is 12.8 Å². The van der Waals surface area contributed by atoms with Gasteiger partial charge in [-0.1, -0.05) is 11.6 Å². The standard InChI is InChI=1S/C12H14ClFN2O2/c13-11-5-10(9(6-15-11)12(17)18)16-8-3-1-2-7(14)4-8/h5-8H,1-4H2,(H,15,16)(H,17,18).